The Labute approximate surface area is 149 Å². The fraction of sp³-hybridized carbons (Fsp3) is 0.278. The molecule has 128 valence electrons. The third-order valence-corrected chi connectivity index (χ3v) is 5.42. The van der Waals surface area contributed by atoms with E-state index in [1.807, 2.05) is 29.2 Å². The standard InChI is InChI=1S/C18H18N4O2S/c1-24-16-6-7-19-18(20-16)22-10-8-21(9-11-22)17(23)15-12-13-4-2-3-5-14(13)25-15/h2-7,12H,8-11H2,1H3. The first kappa shape index (κ1) is 15.8. The van der Waals surface area contributed by atoms with Gasteiger partial charge < -0.3 is 14.5 Å². The lowest BCUT2D eigenvalue weighted by Crippen LogP contribution is -2.49. The maximum atomic E-state index is 12.8. The van der Waals surface area contributed by atoms with Crippen molar-refractivity contribution in [3.05, 3.63) is 47.5 Å². The van der Waals surface area contributed by atoms with Gasteiger partial charge in [-0.3, -0.25) is 4.79 Å². The molecule has 0 N–H and O–H groups in total. The van der Waals surface area contributed by atoms with Crippen molar-refractivity contribution in [3.63, 3.8) is 0 Å². The van der Waals surface area contributed by atoms with E-state index in [9.17, 15) is 4.79 Å². The van der Waals surface area contributed by atoms with Crippen LogP contribution in [0.25, 0.3) is 10.1 Å². The van der Waals surface area contributed by atoms with Gasteiger partial charge in [0.1, 0.15) is 0 Å². The van der Waals surface area contributed by atoms with Gasteiger partial charge >= 0.3 is 0 Å². The molecule has 3 heterocycles. The van der Waals surface area contributed by atoms with Gasteiger partial charge in [-0.25, -0.2) is 4.98 Å². The van der Waals surface area contributed by atoms with Gasteiger partial charge in [0.2, 0.25) is 11.8 Å². The van der Waals surface area contributed by atoms with Crippen LogP contribution in [0, 0.1) is 0 Å². The first-order chi connectivity index (χ1) is 12.2. The van der Waals surface area contributed by atoms with Crippen LogP contribution in [0.2, 0.25) is 0 Å². The van der Waals surface area contributed by atoms with Crippen LogP contribution < -0.4 is 9.64 Å². The number of methoxy groups -OCH3 is 1. The number of rotatable bonds is 3. The van der Waals surface area contributed by atoms with Crippen molar-refractivity contribution in [1.82, 2.24) is 14.9 Å². The van der Waals surface area contributed by atoms with Gasteiger partial charge in [0.15, 0.2) is 0 Å². The zero-order valence-corrected chi connectivity index (χ0v) is 14.7. The normalized spacial score (nSPS) is 14.8. The van der Waals surface area contributed by atoms with Crippen LogP contribution in [0.1, 0.15) is 9.67 Å². The maximum absolute atomic E-state index is 12.8. The largest absolute Gasteiger partial charge is 0.481 e. The number of nitrogens with zero attached hydrogens (tertiary/aromatic N) is 4. The molecule has 0 bridgehead atoms. The highest BCUT2D eigenvalue weighted by Crippen LogP contribution is 2.26. The number of thiophene rings is 1. The Kier molecular flexibility index (Phi) is 4.23. The van der Waals surface area contributed by atoms with Crippen molar-refractivity contribution in [1.29, 1.82) is 0 Å². The molecular weight excluding hydrogens is 336 g/mol. The summed E-state index contributed by atoms with van der Waals surface area (Å²) < 4.78 is 6.30. The molecule has 1 fully saturated rings. The fourth-order valence-electron chi connectivity index (χ4n) is 2.95. The number of hydrogen-bond acceptors (Lipinski definition) is 6. The lowest BCUT2D eigenvalue weighted by atomic mass is 10.2. The molecule has 1 aliphatic rings. The molecule has 1 amide bonds. The number of carbonyl (C=O) groups is 1. The molecule has 1 aliphatic heterocycles. The van der Waals surface area contributed by atoms with Crippen LogP contribution in [-0.4, -0.2) is 54.1 Å². The number of carbonyl (C=O) groups excluding carboxylic acids is 1. The molecule has 0 saturated carbocycles. The van der Waals surface area contributed by atoms with E-state index in [0.717, 1.165) is 15.0 Å². The van der Waals surface area contributed by atoms with E-state index in [2.05, 4.69) is 20.9 Å². The van der Waals surface area contributed by atoms with Gasteiger partial charge in [-0.05, 0) is 17.5 Å². The third-order valence-electron chi connectivity index (χ3n) is 4.31. The quantitative estimate of drug-likeness (QED) is 0.724. The van der Waals surface area contributed by atoms with E-state index in [1.165, 1.54) is 0 Å². The Morgan fingerprint density at radius 2 is 1.96 bits per heavy atom. The summed E-state index contributed by atoms with van der Waals surface area (Å²) >= 11 is 1.56. The molecule has 0 atom stereocenters. The number of anilines is 1. The molecular formula is C18H18N4O2S. The molecule has 1 saturated heterocycles. The summed E-state index contributed by atoms with van der Waals surface area (Å²) in [6.45, 7) is 2.74. The SMILES string of the molecule is COc1ccnc(N2CCN(C(=O)c3cc4ccccc4s3)CC2)n1. The predicted molar refractivity (Wildman–Crippen MR) is 98.5 cm³/mol. The molecule has 1 aromatic carbocycles. The van der Waals surface area contributed by atoms with E-state index in [4.69, 9.17) is 4.74 Å². The minimum absolute atomic E-state index is 0.104. The van der Waals surface area contributed by atoms with E-state index in [0.29, 0.717) is 38.0 Å². The first-order valence-electron chi connectivity index (χ1n) is 8.14. The molecule has 0 spiro atoms. The van der Waals surface area contributed by atoms with Gasteiger partial charge in [0.05, 0.1) is 12.0 Å². The number of benzene rings is 1. The second-order valence-corrected chi connectivity index (χ2v) is 6.91. The van der Waals surface area contributed by atoms with Crippen molar-refractivity contribution < 1.29 is 9.53 Å². The van der Waals surface area contributed by atoms with Gasteiger partial charge in [0.25, 0.3) is 5.91 Å². The molecule has 2 aromatic heterocycles. The van der Waals surface area contributed by atoms with Crippen molar-refractivity contribution in [2.75, 3.05) is 38.2 Å². The fourth-order valence-corrected chi connectivity index (χ4v) is 3.98. The molecule has 6 nitrogen and oxygen atoms in total. The topological polar surface area (TPSA) is 58.6 Å². The van der Waals surface area contributed by atoms with Crippen molar-refractivity contribution in [2.24, 2.45) is 0 Å². The summed E-state index contributed by atoms with van der Waals surface area (Å²) in [6.07, 6.45) is 1.69. The minimum Gasteiger partial charge on any atom is -0.481 e. The average molecular weight is 354 g/mol. The highest BCUT2D eigenvalue weighted by Gasteiger charge is 2.24. The van der Waals surface area contributed by atoms with Gasteiger partial charge in [0, 0.05) is 43.1 Å². The molecule has 3 aromatic rings. The van der Waals surface area contributed by atoms with E-state index >= 15 is 0 Å². The number of amides is 1. The van der Waals surface area contributed by atoms with E-state index in [-0.39, 0.29) is 5.91 Å². The van der Waals surface area contributed by atoms with Crippen LogP contribution >= 0.6 is 11.3 Å². The van der Waals surface area contributed by atoms with Crippen LogP contribution in [-0.2, 0) is 0 Å². The van der Waals surface area contributed by atoms with Crippen LogP contribution in [0.15, 0.2) is 42.6 Å². The van der Waals surface area contributed by atoms with E-state index in [1.54, 1.807) is 30.7 Å². The zero-order chi connectivity index (χ0) is 17.2. The summed E-state index contributed by atoms with van der Waals surface area (Å²) in [4.78, 5) is 26.2. The molecule has 25 heavy (non-hydrogen) atoms. The van der Waals surface area contributed by atoms with Crippen LogP contribution in [0.3, 0.4) is 0 Å². The number of hydrogen-bond donors (Lipinski definition) is 0. The van der Waals surface area contributed by atoms with Gasteiger partial charge in [-0.15, -0.1) is 11.3 Å². The van der Waals surface area contributed by atoms with Crippen LogP contribution in [0.4, 0.5) is 5.95 Å². The number of ether oxygens (including phenoxy) is 1. The lowest BCUT2D eigenvalue weighted by molar-refractivity contribution is 0.0751. The average Bonchev–Trinajstić information content (AvgIpc) is 3.12. The van der Waals surface area contributed by atoms with E-state index < -0.39 is 0 Å². The molecule has 4 rings (SSSR count). The Morgan fingerprint density at radius 1 is 1.16 bits per heavy atom. The summed E-state index contributed by atoms with van der Waals surface area (Å²) in [5.41, 5.74) is 0. The number of fused-ring (bicyclic) bond motifs is 1. The van der Waals surface area contributed by atoms with Crippen molar-refractivity contribution in [2.45, 2.75) is 0 Å². The van der Waals surface area contributed by atoms with Crippen LogP contribution in [0.5, 0.6) is 5.88 Å². The Morgan fingerprint density at radius 3 is 2.72 bits per heavy atom. The Hall–Kier alpha value is -2.67. The summed E-state index contributed by atoms with van der Waals surface area (Å²) in [5, 5.41) is 1.12. The number of piperazine rings is 1. The van der Waals surface area contributed by atoms with Crippen molar-refractivity contribution in [3.8, 4) is 5.88 Å². The number of aromatic nitrogens is 2. The predicted octanol–water partition coefficient (Wildman–Crippen LogP) is 2.66. The second-order valence-electron chi connectivity index (χ2n) is 5.83. The summed E-state index contributed by atoms with van der Waals surface area (Å²) in [7, 11) is 1.59. The highest BCUT2D eigenvalue weighted by molar-refractivity contribution is 7.20. The Bertz CT molecular complexity index is 870. The summed E-state index contributed by atoms with van der Waals surface area (Å²) in [5.74, 6) is 1.30. The first-order valence-corrected chi connectivity index (χ1v) is 8.96. The molecule has 0 aliphatic carbocycles. The smallest absolute Gasteiger partial charge is 0.264 e. The van der Waals surface area contributed by atoms with Gasteiger partial charge in [-0.1, -0.05) is 18.2 Å². The molecule has 7 heteroatoms. The Balaban J connectivity index is 1.45. The third kappa shape index (κ3) is 3.15. The molecule has 0 unspecified atom stereocenters. The molecule has 0 radical (unpaired) electrons. The monoisotopic (exact) mass is 354 g/mol. The summed E-state index contributed by atoms with van der Waals surface area (Å²) in [6, 6.07) is 11.8. The second kappa shape index (κ2) is 6.68. The maximum Gasteiger partial charge on any atom is 0.264 e. The lowest BCUT2D eigenvalue weighted by Gasteiger charge is -2.34. The van der Waals surface area contributed by atoms with Crippen molar-refractivity contribution >= 4 is 33.3 Å². The highest BCUT2D eigenvalue weighted by atomic mass is 32.1. The zero-order valence-electron chi connectivity index (χ0n) is 13.9. The van der Waals surface area contributed by atoms with Gasteiger partial charge in [-0.2, -0.15) is 4.98 Å². The minimum atomic E-state index is 0.104.